The minimum atomic E-state index is 0.689. The maximum atomic E-state index is 4.16. The van der Waals surface area contributed by atoms with Gasteiger partial charge in [0.2, 0.25) is 0 Å². The Hall–Kier alpha value is -1.72. The molecule has 0 aromatic carbocycles. The Labute approximate surface area is 105 Å². The zero-order valence-electron chi connectivity index (χ0n) is 10.2. The lowest BCUT2D eigenvalue weighted by Gasteiger charge is -2.16. The molecule has 2 fully saturated rings. The normalized spacial score (nSPS) is 19.6. The first-order valence-electron chi connectivity index (χ1n) is 6.68. The van der Waals surface area contributed by atoms with Gasteiger partial charge in [-0.25, -0.2) is 0 Å². The van der Waals surface area contributed by atoms with Gasteiger partial charge in [0.05, 0.1) is 12.4 Å². The molecule has 0 bridgehead atoms. The molecule has 1 N–H and O–H groups in total. The number of nitrogens with zero attached hydrogens (tertiary/aromatic N) is 5. The molecule has 6 nitrogen and oxygen atoms in total. The van der Waals surface area contributed by atoms with E-state index in [1.807, 2.05) is 0 Å². The fourth-order valence-corrected chi connectivity index (χ4v) is 2.79. The summed E-state index contributed by atoms with van der Waals surface area (Å²) in [4.78, 5) is 4.16. The van der Waals surface area contributed by atoms with Gasteiger partial charge < -0.3 is 5.32 Å². The summed E-state index contributed by atoms with van der Waals surface area (Å²) in [6.45, 7) is 1.02. The second kappa shape index (κ2) is 3.90. The van der Waals surface area contributed by atoms with Crippen molar-refractivity contribution in [3.63, 3.8) is 0 Å². The van der Waals surface area contributed by atoms with Crippen LogP contribution >= 0.6 is 0 Å². The van der Waals surface area contributed by atoms with Crippen LogP contribution in [0, 0.1) is 17.8 Å². The summed E-state index contributed by atoms with van der Waals surface area (Å²) >= 11 is 0. The van der Waals surface area contributed by atoms with Crippen LogP contribution in [0.25, 0.3) is 5.65 Å². The van der Waals surface area contributed by atoms with E-state index in [4.69, 9.17) is 0 Å². The molecule has 0 amide bonds. The smallest absolute Gasteiger partial charge is 0.199 e. The Balaban J connectivity index is 1.51. The van der Waals surface area contributed by atoms with E-state index in [1.54, 1.807) is 16.9 Å². The fraction of sp³-hybridized carbons (Fsp3) is 0.667. The number of nitrogens with one attached hydrogen (secondary N) is 1. The van der Waals surface area contributed by atoms with E-state index < -0.39 is 0 Å². The molecule has 0 aliphatic heterocycles. The molecule has 18 heavy (non-hydrogen) atoms. The third kappa shape index (κ3) is 1.81. The molecule has 2 aromatic heterocycles. The van der Waals surface area contributed by atoms with Crippen LogP contribution in [0.2, 0.25) is 0 Å². The van der Waals surface area contributed by atoms with Crippen molar-refractivity contribution in [1.29, 1.82) is 0 Å². The molecule has 0 spiro atoms. The summed E-state index contributed by atoms with van der Waals surface area (Å²) in [5.74, 6) is 3.62. The molecule has 0 atom stereocenters. The largest absolute Gasteiger partial charge is 0.368 e. The zero-order valence-corrected chi connectivity index (χ0v) is 10.2. The lowest BCUT2D eigenvalue weighted by molar-refractivity contribution is 0.427. The monoisotopic (exact) mass is 244 g/mol. The Morgan fingerprint density at radius 3 is 2.72 bits per heavy atom. The second-order valence-corrected chi connectivity index (χ2v) is 5.46. The van der Waals surface area contributed by atoms with Crippen LogP contribution in [0.1, 0.15) is 25.7 Å². The third-order valence-electron chi connectivity index (χ3n) is 4.08. The average molecular weight is 244 g/mol. The summed E-state index contributed by atoms with van der Waals surface area (Å²) < 4.78 is 1.71. The van der Waals surface area contributed by atoms with E-state index in [9.17, 15) is 0 Å². The first kappa shape index (κ1) is 10.2. The summed E-state index contributed by atoms with van der Waals surface area (Å²) in [7, 11) is 0. The highest BCUT2D eigenvalue weighted by molar-refractivity contribution is 5.43. The van der Waals surface area contributed by atoms with E-state index in [-0.39, 0.29) is 0 Å². The number of hydrogen-bond donors (Lipinski definition) is 1. The van der Waals surface area contributed by atoms with Crippen LogP contribution in [-0.4, -0.2) is 31.6 Å². The lowest BCUT2D eigenvalue weighted by Crippen LogP contribution is -2.19. The van der Waals surface area contributed by atoms with Crippen LogP contribution < -0.4 is 5.32 Å². The Morgan fingerprint density at radius 2 is 2.00 bits per heavy atom. The highest BCUT2D eigenvalue weighted by Gasteiger charge is 2.41. The topological polar surface area (TPSA) is 68.0 Å². The SMILES string of the molecule is c1ncc2nnnn2c1NCC(C1CC1)C1CC1. The number of fused-ring (bicyclic) bond motifs is 1. The second-order valence-electron chi connectivity index (χ2n) is 5.46. The first-order chi connectivity index (χ1) is 8.92. The molecule has 0 unspecified atom stereocenters. The van der Waals surface area contributed by atoms with Gasteiger partial charge in [0.25, 0.3) is 0 Å². The van der Waals surface area contributed by atoms with E-state index >= 15 is 0 Å². The van der Waals surface area contributed by atoms with Crippen molar-refractivity contribution in [2.24, 2.45) is 17.8 Å². The van der Waals surface area contributed by atoms with E-state index in [2.05, 4.69) is 25.8 Å². The third-order valence-corrected chi connectivity index (χ3v) is 4.08. The molecule has 6 heteroatoms. The summed E-state index contributed by atoms with van der Waals surface area (Å²) in [6.07, 6.45) is 9.11. The van der Waals surface area contributed by atoms with Crippen molar-refractivity contribution in [2.45, 2.75) is 25.7 Å². The van der Waals surface area contributed by atoms with Crippen molar-refractivity contribution in [1.82, 2.24) is 25.0 Å². The van der Waals surface area contributed by atoms with Crippen molar-refractivity contribution in [3.05, 3.63) is 12.4 Å². The van der Waals surface area contributed by atoms with Crippen LogP contribution in [0.4, 0.5) is 5.82 Å². The lowest BCUT2D eigenvalue weighted by atomic mass is 9.98. The van der Waals surface area contributed by atoms with Crippen LogP contribution in [-0.2, 0) is 0 Å². The van der Waals surface area contributed by atoms with Gasteiger partial charge in [0.1, 0.15) is 5.82 Å². The fourth-order valence-electron chi connectivity index (χ4n) is 2.79. The molecule has 0 saturated heterocycles. The van der Waals surface area contributed by atoms with Gasteiger partial charge in [-0.05, 0) is 53.9 Å². The van der Waals surface area contributed by atoms with Crippen molar-refractivity contribution >= 4 is 11.5 Å². The van der Waals surface area contributed by atoms with Crippen LogP contribution in [0.5, 0.6) is 0 Å². The molecule has 4 rings (SSSR count). The van der Waals surface area contributed by atoms with Crippen LogP contribution in [0.3, 0.4) is 0 Å². The Morgan fingerprint density at radius 1 is 1.22 bits per heavy atom. The van der Waals surface area contributed by atoms with Gasteiger partial charge in [-0.1, -0.05) is 0 Å². The molecule has 94 valence electrons. The minimum Gasteiger partial charge on any atom is -0.368 e. The summed E-state index contributed by atoms with van der Waals surface area (Å²) in [5, 5.41) is 15.0. The van der Waals surface area contributed by atoms with Gasteiger partial charge in [0, 0.05) is 6.54 Å². The number of aromatic nitrogens is 5. The Bertz CT molecular complexity index is 544. The standard InChI is InChI=1S/C12H16N6/c1-2-8(1)10(9-3-4-9)5-14-11-6-13-7-12-15-16-17-18(11)12/h6-10,14H,1-5H2. The van der Waals surface area contributed by atoms with Gasteiger partial charge in [-0.3, -0.25) is 4.98 Å². The number of hydrogen-bond acceptors (Lipinski definition) is 5. The van der Waals surface area contributed by atoms with Crippen LogP contribution in [0.15, 0.2) is 12.4 Å². The van der Waals surface area contributed by atoms with Gasteiger partial charge in [-0.15, -0.1) is 5.10 Å². The molecular formula is C12H16N6. The maximum absolute atomic E-state index is 4.16. The highest BCUT2D eigenvalue weighted by Crippen LogP contribution is 2.49. The van der Waals surface area contributed by atoms with Gasteiger partial charge in [0.15, 0.2) is 5.65 Å². The molecular weight excluding hydrogens is 228 g/mol. The first-order valence-corrected chi connectivity index (χ1v) is 6.68. The summed E-state index contributed by atoms with van der Waals surface area (Å²) in [6, 6.07) is 0. The molecule has 2 saturated carbocycles. The predicted octanol–water partition coefficient (Wildman–Crippen LogP) is 1.37. The zero-order chi connectivity index (χ0) is 11.9. The molecule has 2 aliphatic rings. The summed E-state index contributed by atoms with van der Waals surface area (Å²) in [5.41, 5.74) is 0.689. The quantitative estimate of drug-likeness (QED) is 0.860. The van der Waals surface area contributed by atoms with Gasteiger partial charge >= 0.3 is 0 Å². The van der Waals surface area contributed by atoms with Crippen molar-refractivity contribution < 1.29 is 0 Å². The molecule has 2 aliphatic carbocycles. The number of rotatable bonds is 5. The van der Waals surface area contributed by atoms with Gasteiger partial charge in [-0.2, -0.15) is 4.52 Å². The van der Waals surface area contributed by atoms with E-state index in [0.717, 1.165) is 30.1 Å². The number of tetrazole rings is 1. The van der Waals surface area contributed by atoms with Crippen molar-refractivity contribution in [2.75, 3.05) is 11.9 Å². The maximum Gasteiger partial charge on any atom is 0.199 e. The molecule has 2 aromatic rings. The number of anilines is 1. The van der Waals surface area contributed by atoms with E-state index in [1.165, 1.54) is 25.7 Å². The van der Waals surface area contributed by atoms with E-state index in [0.29, 0.717) is 5.65 Å². The highest BCUT2D eigenvalue weighted by atomic mass is 15.5. The Kier molecular flexibility index (Phi) is 2.21. The molecule has 0 radical (unpaired) electrons. The van der Waals surface area contributed by atoms with Crippen molar-refractivity contribution in [3.8, 4) is 0 Å². The predicted molar refractivity (Wildman–Crippen MR) is 66.0 cm³/mol. The minimum absolute atomic E-state index is 0.689. The average Bonchev–Trinajstić information content (AvgIpc) is 3.30. The molecule has 2 heterocycles.